The van der Waals surface area contributed by atoms with Crippen molar-refractivity contribution in [3.8, 4) is 11.5 Å². The predicted molar refractivity (Wildman–Crippen MR) is 99.5 cm³/mol. The first-order chi connectivity index (χ1) is 13.7. The van der Waals surface area contributed by atoms with Crippen molar-refractivity contribution in [3.63, 3.8) is 0 Å². The third kappa shape index (κ3) is 4.89. The van der Waals surface area contributed by atoms with Crippen molar-refractivity contribution in [2.24, 2.45) is 0 Å². The first-order valence-electron chi connectivity index (χ1n) is 9.59. The van der Waals surface area contributed by atoms with Gasteiger partial charge >= 0.3 is 12.1 Å². The Kier molecular flexibility index (Phi) is 6.15. The highest BCUT2D eigenvalue weighted by Gasteiger charge is 2.35. The summed E-state index contributed by atoms with van der Waals surface area (Å²) in [7, 11) is 0. The van der Waals surface area contributed by atoms with Gasteiger partial charge in [-0.2, -0.15) is 13.2 Å². The van der Waals surface area contributed by atoms with Crippen LogP contribution in [0.3, 0.4) is 0 Å². The quantitative estimate of drug-likeness (QED) is 0.311. The van der Waals surface area contributed by atoms with Gasteiger partial charge in [-0.3, -0.25) is 4.79 Å². The Bertz CT molecular complexity index is 902. The maximum absolute atomic E-state index is 14.3. The maximum Gasteiger partial charge on any atom is 0.416 e. The van der Waals surface area contributed by atoms with Crippen molar-refractivity contribution in [1.82, 2.24) is 0 Å². The van der Waals surface area contributed by atoms with E-state index in [1.807, 2.05) is 6.92 Å². The Labute approximate surface area is 166 Å². The fourth-order valence-electron chi connectivity index (χ4n) is 3.15. The fourth-order valence-corrected chi connectivity index (χ4v) is 3.15. The van der Waals surface area contributed by atoms with E-state index < -0.39 is 30.1 Å². The molecule has 1 saturated carbocycles. The lowest BCUT2D eigenvalue weighted by atomic mass is 10.0. The van der Waals surface area contributed by atoms with Gasteiger partial charge in [0.25, 0.3) is 0 Å². The van der Waals surface area contributed by atoms with Crippen LogP contribution in [0.15, 0.2) is 30.3 Å². The molecule has 0 unspecified atom stereocenters. The summed E-state index contributed by atoms with van der Waals surface area (Å²) in [6.45, 7) is 2.89. The van der Waals surface area contributed by atoms with Crippen LogP contribution in [0.5, 0.6) is 11.5 Å². The van der Waals surface area contributed by atoms with E-state index in [0.29, 0.717) is 12.0 Å². The van der Waals surface area contributed by atoms with Crippen LogP contribution in [0.1, 0.15) is 61.3 Å². The fraction of sp³-hybridized carbons (Fsp3) is 0.409. The summed E-state index contributed by atoms with van der Waals surface area (Å²) in [5.41, 5.74) is 0.119. The Morgan fingerprint density at radius 1 is 1.14 bits per heavy atom. The van der Waals surface area contributed by atoms with E-state index in [0.717, 1.165) is 24.5 Å². The zero-order valence-electron chi connectivity index (χ0n) is 16.2. The Morgan fingerprint density at radius 3 is 2.45 bits per heavy atom. The van der Waals surface area contributed by atoms with E-state index in [2.05, 4.69) is 0 Å². The number of hydrogen-bond acceptors (Lipinski definition) is 3. The Balaban J connectivity index is 1.96. The molecule has 0 aromatic heterocycles. The Hall–Kier alpha value is -2.57. The van der Waals surface area contributed by atoms with Gasteiger partial charge in [-0.05, 0) is 54.5 Å². The number of carbonyl (C=O) groups excluding carboxylic acids is 1. The minimum absolute atomic E-state index is 0.0199. The lowest BCUT2D eigenvalue weighted by Crippen LogP contribution is -2.15. The zero-order valence-corrected chi connectivity index (χ0v) is 16.2. The van der Waals surface area contributed by atoms with Crippen molar-refractivity contribution < 1.29 is 31.8 Å². The highest BCUT2D eigenvalue weighted by Crippen LogP contribution is 2.46. The third-order valence-corrected chi connectivity index (χ3v) is 4.90. The topological polar surface area (TPSA) is 35.5 Å². The van der Waals surface area contributed by atoms with Gasteiger partial charge in [0.2, 0.25) is 0 Å². The van der Waals surface area contributed by atoms with Gasteiger partial charge < -0.3 is 9.47 Å². The van der Waals surface area contributed by atoms with Gasteiger partial charge in [-0.15, -0.1) is 0 Å². The molecule has 29 heavy (non-hydrogen) atoms. The molecule has 0 bridgehead atoms. The molecule has 2 aromatic rings. The summed E-state index contributed by atoms with van der Waals surface area (Å²) < 4.78 is 65.5. The monoisotopic (exact) mass is 410 g/mol. The standard InChI is InChI=1S/C22H22F4O3/c1-3-13-10-15(14-8-9-14)20(11-18(13)23)28-12-16-17(22(24,25)26)6-5-7-19(16)29-21(27)4-2/h5-7,10-11,14H,3-4,8-9,12H2,1-2H3. The molecule has 156 valence electrons. The number of alkyl halides is 3. The first kappa shape index (κ1) is 21.1. The van der Waals surface area contributed by atoms with Crippen LogP contribution < -0.4 is 9.47 Å². The van der Waals surface area contributed by atoms with E-state index in [4.69, 9.17) is 9.47 Å². The number of benzene rings is 2. The lowest BCUT2D eigenvalue weighted by molar-refractivity contribution is -0.140. The van der Waals surface area contributed by atoms with E-state index in [9.17, 15) is 22.4 Å². The summed E-state index contributed by atoms with van der Waals surface area (Å²) in [4.78, 5) is 11.6. The first-order valence-corrected chi connectivity index (χ1v) is 9.59. The van der Waals surface area contributed by atoms with Gasteiger partial charge in [-0.1, -0.05) is 19.9 Å². The molecule has 2 aromatic carbocycles. The normalized spacial score (nSPS) is 14.0. The molecule has 0 aliphatic heterocycles. The van der Waals surface area contributed by atoms with Crippen LogP contribution in [0, 0.1) is 5.82 Å². The smallest absolute Gasteiger partial charge is 0.416 e. The Morgan fingerprint density at radius 2 is 1.86 bits per heavy atom. The number of rotatable bonds is 7. The van der Waals surface area contributed by atoms with Crippen LogP contribution in [-0.4, -0.2) is 5.97 Å². The van der Waals surface area contributed by atoms with Crippen LogP contribution in [-0.2, 0) is 24.0 Å². The SMILES string of the molecule is CCC(=O)Oc1cccc(C(F)(F)F)c1COc1cc(F)c(CC)cc1C1CC1. The average molecular weight is 410 g/mol. The molecule has 1 fully saturated rings. The van der Waals surface area contributed by atoms with Gasteiger partial charge in [0.15, 0.2) is 0 Å². The third-order valence-electron chi connectivity index (χ3n) is 4.90. The average Bonchev–Trinajstić information content (AvgIpc) is 3.51. The van der Waals surface area contributed by atoms with Gasteiger partial charge in [0, 0.05) is 18.1 Å². The van der Waals surface area contributed by atoms with Gasteiger partial charge in [0.05, 0.1) is 5.56 Å². The van der Waals surface area contributed by atoms with Gasteiger partial charge in [-0.25, -0.2) is 4.39 Å². The molecule has 0 heterocycles. The summed E-state index contributed by atoms with van der Waals surface area (Å²) in [6, 6.07) is 6.35. The molecule has 3 rings (SSSR count). The molecule has 0 radical (unpaired) electrons. The van der Waals surface area contributed by atoms with Crippen molar-refractivity contribution in [2.75, 3.05) is 0 Å². The molecule has 0 amide bonds. The summed E-state index contributed by atoms with van der Waals surface area (Å²) in [5, 5.41) is 0. The van der Waals surface area contributed by atoms with E-state index >= 15 is 0 Å². The predicted octanol–water partition coefficient (Wildman–Crippen LogP) is 6.18. The van der Waals surface area contributed by atoms with Crippen LogP contribution in [0.4, 0.5) is 17.6 Å². The number of carbonyl (C=O) groups is 1. The van der Waals surface area contributed by atoms with Crippen LogP contribution in [0.2, 0.25) is 0 Å². The molecule has 0 N–H and O–H groups in total. The lowest BCUT2D eigenvalue weighted by Gasteiger charge is -2.19. The maximum atomic E-state index is 14.3. The largest absolute Gasteiger partial charge is 0.488 e. The number of esters is 1. The summed E-state index contributed by atoms with van der Waals surface area (Å²) in [5.74, 6) is -0.848. The van der Waals surface area contributed by atoms with Crippen molar-refractivity contribution in [2.45, 2.75) is 58.2 Å². The molecule has 0 saturated heterocycles. The summed E-state index contributed by atoms with van der Waals surface area (Å²) in [6.07, 6.45) is -2.25. The van der Waals surface area contributed by atoms with Crippen molar-refractivity contribution >= 4 is 5.97 Å². The second-order valence-corrected chi connectivity index (χ2v) is 7.01. The number of aryl methyl sites for hydroxylation is 1. The molecule has 0 spiro atoms. The molecule has 0 atom stereocenters. The molecular formula is C22H22F4O3. The van der Waals surface area contributed by atoms with Crippen LogP contribution >= 0.6 is 0 Å². The van der Waals surface area contributed by atoms with Crippen molar-refractivity contribution in [1.29, 1.82) is 0 Å². The number of hydrogen-bond donors (Lipinski definition) is 0. The molecular weight excluding hydrogens is 388 g/mol. The highest BCUT2D eigenvalue weighted by molar-refractivity contribution is 5.72. The van der Waals surface area contributed by atoms with E-state index in [1.54, 1.807) is 13.0 Å². The molecule has 1 aliphatic rings. The second kappa shape index (κ2) is 8.43. The minimum atomic E-state index is -4.65. The minimum Gasteiger partial charge on any atom is -0.488 e. The number of halogens is 4. The molecule has 3 nitrogen and oxygen atoms in total. The second-order valence-electron chi connectivity index (χ2n) is 7.01. The van der Waals surface area contributed by atoms with Gasteiger partial charge in [0.1, 0.15) is 23.9 Å². The van der Waals surface area contributed by atoms with E-state index in [1.165, 1.54) is 18.2 Å². The number of ether oxygens (including phenoxy) is 2. The zero-order chi connectivity index (χ0) is 21.2. The van der Waals surface area contributed by atoms with Crippen LogP contribution in [0.25, 0.3) is 0 Å². The highest BCUT2D eigenvalue weighted by atomic mass is 19.4. The summed E-state index contributed by atoms with van der Waals surface area (Å²) >= 11 is 0. The molecule has 1 aliphatic carbocycles. The van der Waals surface area contributed by atoms with Crippen molar-refractivity contribution in [3.05, 3.63) is 58.4 Å². The van der Waals surface area contributed by atoms with E-state index in [-0.39, 0.29) is 29.4 Å². The molecule has 7 heteroatoms.